The van der Waals surface area contributed by atoms with Crippen LogP contribution >= 0.6 is 21.6 Å². The molecular formula is C15H16N2O2S2. The lowest BCUT2D eigenvalue weighted by atomic mass is 10.2. The number of furan rings is 1. The molecule has 3 aromatic rings. The summed E-state index contributed by atoms with van der Waals surface area (Å²) < 4.78 is 11.3. The van der Waals surface area contributed by atoms with Crippen molar-refractivity contribution in [2.75, 3.05) is 5.75 Å². The molecule has 0 aliphatic heterocycles. The lowest BCUT2D eigenvalue weighted by Gasteiger charge is -1.95. The molecule has 0 fully saturated rings. The number of unbranched alkanes of at least 4 members (excludes halogenated alkanes) is 2. The highest BCUT2D eigenvalue weighted by Crippen LogP contribution is 2.33. The minimum absolute atomic E-state index is 0.433. The first-order valence-electron chi connectivity index (χ1n) is 6.98. The fourth-order valence-corrected chi connectivity index (χ4v) is 3.73. The summed E-state index contributed by atoms with van der Waals surface area (Å²) in [4.78, 5) is 0. The highest BCUT2D eigenvalue weighted by Gasteiger charge is 2.13. The largest absolute Gasteiger partial charge is 0.451 e. The lowest BCUT2D eigenvalue weighted by molar-refractivity contribution is 0.453. The molecule has 4 nitrogen and oxygen atoms in total. The van der Waals surface area contributed by atoms with E-state index < -0.39 is 0 Å². The van der Waals surface area contributed by atoms with Gasteiger partial charge in [-0.3, -0.25) is 0 Å². The number of fused-ring (bicyclic) bond motifs is 1. The normalized spacial score (nSPS) is 11.3. The van der Waals surface area contributed by atoms with Crippen molar-refractivity contribution in [3.05, 3.63) is 30.3 Å². The molecular weight excluding hydrogens is 304 g/mol. The van der Waals surface area contributed by atoms with Crippen LogP contribution in [0.5, 0.6) is 0 Å². The van der Waals surface area contributed by atoms with Crippen LogP contribution in [0.25, 0.3) is 22.6 Å². The molecule has 0 bridgehead atoms. The van der Waals surface area contributed by atoms with Crippen LogP contribution in [0.1, 0.15) is 26.2 Å². The summed E-state index contributed by atoms with van der Waals surface area (Å²) in [5.74, 6) is 2.15. The third-order valence-corrected chi connectivity index (χ3v) is 5.17. The third-order valence-electron chi connectivity index (χ3n) is 3.00. The molecule has 0 saturated heterocycles. The van der Waals surface area contributed by atoms with Gasteiger partial charge in [-0.25, -0.2) is 0 Å². The van der Waals surface area contributed by atoms with Crippen LogP contribution in [0, 0.1) is 0 Å². The Morgan fingerprint density at radius 3 is 2.86 bits per heavy atom. The van der Waals surface area contributed by atoms with Crippen molar-refractivity contribution in [2.45, 2.75) is 31.4 Å². The molecule has 0 aliphatic rings. The zero-order chi connectivity index (χ0) is 14.5. The molecule has 1 aromatic carbocycles. The number of hydrogen-bond acceptors (Lipinski definition) is 6. The molecule has 110 valence electrons. The van der Waals surface area contributed by atoms with E-state index in [1.54, 1.807) is 10.8 Å². The van der Waals surface area contributed by atoms with Gasteiger partial charge >= 0.3 is 0 Å². The Labute approximate surface area is 131 Å². The predicted molar refractivity (Wildman–Crippen MR) is 87.3 cm³/mol. The Morgan fingerprint density at radius 1 is 1.10 bits per heavy atom. The van der Waals surface area contributed by atoms with E-state index in [1.807, 2.05) is 30.3 Å². The molecule has 0 saturated carbocycles. The molecule has 3 rings (SSSR count). The van der Waals surface area contributed by atoms with Crippen LogP contribution in [-0.2, 0) is 0 Å². The molecule has 0 N–H and O–H groups in total. The van der Waals surface area contributed by atoms with Crippen LogP contribution < -0.4 is 0 Å². The van der Waals surface area contributed by atoms with Gasteiger partial charge in [0.2, 0.25) is 0 Å². The van der Waals surface area contributed by atoms with Gasteiger partial charge in [0.1, 0.15) is 5.58 Å². The van der Waals surface area contributed by atoms with E-state index in [0.29, 0.717) is 16.9 Å². The molecule has 0 amide bonds. The second kappa shape index (κ2) is 7.04. The maximum Gasteiger partial charge on any atom is 0.287 e. The van der Waals surface area contributed by atoms with E-state index in [1.165, 1.54) is 30.1 Å². The second-order valence-corrected chi connectivity index (χ2v) is 7.00. The predicted octanol–water partition coefficient (Wildman–Crippen LogP) is 5.41. The minimum Gasteiger partial charge on any atom is -0.451 e. The Morgan fingerprint density at radius 2 is 2.00 bits per heavy atom. The summed E-state index contributed by atoms with van der Waals surface area (Å²) in [7, 11) is 3.28. The van der Waals surface area contributed by atoms with Crippen molar-refractivity contribution >= 4 is 32.6 Å². The molecule has 0 unspecified atom stereocenters. The van der Waals surface area contributed by atoms with Gasteiger partial charge in [-0.05, 0) is 18.6 Å². The summed E-state index contributed by atoms with van der Waals surface area (Å²) in [6.07, 6.45) is 3.72. The van der Waals surface area contributed by atoms with Crippen molar-refractivity contribution in [2.24, 2.45) is 0 Å². The third kappa shape index (κ3) is 3.63. The molecule has 2 heterocycles. The summed E-state index contributed by atoms with van der Waals surface area (Å²) >= 11 is 0. The molecule has 6 heteroatoms. The number of para-hydroxylation sites is 1. The highest BCUT2D eigenvalue weighted by atomic mass is 33.1. The molecule has 0 spiro atoms. The van der Waals surface area contributed by atoms with E-state index in [0.717, 1.165) is 16.7 Å². The van der Waals surface area contributed by atoms with E-state index in [4.69, 9.17) is 8.83 Å². The van der Waals surface area contributed by atoms with Gasteiger partial charge in [0, 0.05) is 21.9 Å². The highest BCUT2D eigenvalue weighted by molar-refractivity contribution is 8.76. The van der Waals surface area contributed by atoms with Crippen molar-refractivity contribution in [3.8, 4) is 11.7 Å². The number of benzene rings is 1. The van der Waals surface area contributed by atoms with Crippen molar-refractivity contribution in [1.82, 2.24) is 10.2 Å². The zero-order valence-electron chi connectivity index (χ0n) is 11.7. The fourth-order valence-electron chi connectivity index (χ4n) is 1.93. The standard InChI is InChI=1S/C15H16N2O2S2/c1-2-3-6-9-20-21-15-17-16-14(19-15)13-10-11-7-4-5-8-12(11)18-13/h4-5,7-8,10H,2-3,6,9H2,1H3. The van der Waals surface area contributed by atoms with Gasteiger partial charge in [-0.2, -0.15) is 0 Å². The van der Waals surface area contributed by atoms with Crippen molar-refractivity contribution < 1.29 is 8.83 Å². The minimum atomic E-state index is 0.433. The number of hydrogen-bond donors (Lipinski definition) is 0. The molecule has 0 atom stereocenters. The van der Waals surface area contributed by atoms with Crippen LogP contribution in [0.15, 0.2) is 44.4 Å². The second-order valence-electron chi connectivity index (χ2n) is 4.63. The quantitative estimate of drug-likeness (QED) is 0.428. The zero-order valence-corrected chi connectivity index (χ0v) is 13.4. The molecule has 0 radical (unpaired) electrons. The van der Waals surface area contributed by atoms with Gasteiger partial charge in [0.15, 0.2) is 5.76 Å². The monoisotopic (exact) mass is 320 g/mol. The van der Waals surface area contributed by atoms with Crippen LogP contribution in [0.3, 0.4) is 0 Å². The van der Waals surface area contributed by atoms with E-state index in [2.05, 4.69) is 17.1 Å². The van der Waals surface area contributed by atoms with Crippen molar-refractivity contribution in [1.29, 1.82) is 0 Å². The Balaban J connectivity index is 1.64. The number of rotatable bonds is 7. The first-order chi connectivity index (χ1) is 10.4. The molecule has 0 aliphatic carbocycles. The van der Waals surface area contributed by atoms with Gasteiger partial charge in [-0.15, -0.1) is 5.10 Å². The van der Waals surface area contributed by atoms with E-state index >= 15 is 0 Å². The summed E-state index contributed by atoms with van der Waals surface area (Å²) in [6.45, 7) is 2.20. The summed E-state index contributed by atoms with van der Waals surface area (Å²) in [5, 5.41) is 9.71. The summed E-state index contributed by atoms with van der Waals surface area (Å²) in [5.41, 5.74) is 0.828. The number of aromatic nitrogens is 2. The SMILES string of the molecule is CCCCCSSc1nnc(-c2cc3ccccc3o2)o1. The van der Waals surface area contributed by atoms with Gasteiger partial charge in [0.05, 0.1) is 0 Å². The van der Waals surface area contributed by atoms with Gasteiger partial charge in [0.25, 0.3) is 11.1 Å². The maximum atomic E-state index is 5.71. The van der Waals surface area contributed by atoms with Crippen LogP contribution in [0.4, 0.5) is 0 Å². The molecule has 21 heavy (non-hydrogen) atoms. The van der Waals surface area contributed by atoms with Crippen LogP contribution in [0.2, 0.25) is 0 Å². The van der Waals surface area contributed by atoms with Crippen LogP contribution in [-0.4, -0.2) is 16.0 Å². The lowest BCUT2D eigenvalue weighted by Crippen LogP contribution is -1.76. The average Bonchev–Trinajstić information content (AvgIpc) is 3.13. The van der Waals surface area contributed by atoms with E-state index in [-0.39, 0.29) is 0 Å². The van der Waals surface area contributed by atoms with E-state index in [9.17, 15) is 0 Å². The summed E-state index contributed by atoms with van der Waals surface area (Å²) in [6, 6.07) is 9.76. The smallest absolute Gasteiger partial charge is 0.287 e. The first kappa shape index (κ1) is 14.5. The first-order valence-corrected chi connectivity index (χ1v) is 9.30. The topological polar surface area (TPSA) is 52.1 Å². The molecule has 2 aromatic heterocycles. The van der Waals surface area contributed by atoms with Crippen molar-refractivity contribution in [3.63, 3.8) is 0 Å². The van der Waals surface area contributed by atoms with Gasteiger partial charge in [-0.1, -0.05) is 53.9 Å². The average molecular weight is 320 g/mol. The Bertz CT molecular complexity index is 675. The fraction of sp³-hybridized carbons (Fsp3) is 0.333. The maximum absolute atomic E-state index is 5.71. The Kier molecular flexibility index (Phi) is 4.87. The number of nitrogens with zero attached hydrogens (tertiary/aromatic N) is 2. The Hall–Kier alpha value is -1.40. The van der Waals surface area contributed by atoms with Gasteiger partial charge < -0.3 is 8.83 Å².